The molecule has 0 spiro atoms. The Kier molecular flexibility index (Phi) is 5.23. The average molecular weight is 401 g/mol. The minimum atomic E-state index is -0.107. The lowest BCUT2D eigenvalue weighted by Gasteiger charge is -2.19. The zero-order chi connectivity index (χ0) is 18.0. The molecule has 1 N–H and O–H groups in total. The molecule has 5 heteroatoms. The molecule has 2 amide bonds. The van der Waals surface area contributed by atoms with E-state index in [1.807, 2.05) is 49.1 Å². The van der Waals surface area contributed by atoms with Gasteiger partial charge in [-0.15, -0.1) is 0 Å². The standard InChI is InChI=1S/C20H21BrN2O2/c1-13(2)20(25)23-10-9-15-11-14(7-8-18(15)23)12-22-19(24)16-5-3-4-6-17(16)21/h3-8,11,13H,9-10,12H2,1-2H3,(H,22,24). The third kappa shape index (κ3) is 3.76. The molecule has 0 atom stereocenters. The highest BCUT2D eigenvalue weighted by atomic mass is 79.9. The van der Waals surface area contributed by atoms with E-state index in [9.17, 15) is 9.59 Å². The predicted molar refractivity (Wildman–Crippen MR) is 103 cm³/mol. The van der Waals surface area contributed by atoms with Gasteiger partial charge in [0.1, 0.15) is 0 Å². The summed E-state index contributed by atoms with van der Waals surface area (Å²) in [6, 6.07) is 13.4. The van der Waals surface area contributed by atoms with E-state index < -0.39 is 0 Å². The number of nitrogens with one attached hydrogen (secondary N) is 1. The highest BCUT2D eigenvalue weighted by Gasteiger charge is 2.26. The van der Waals surface area contributed by atoms with E-state index in [-0.39, 0.29) is 17.7 Å². The van der Waals surface area contributed by atoms with Crippen molar-refractivity contribution in [3.8, 4) is 0 Å². The number of nitrogens with zero attached hydrogens (tertiary/aromatic N) is 1. The summed E-state index contributed by atoms with van der Waals surface area (Å²) in [6.45, 7) is 5.04. The minimum Gasteiger partial charge on any atom is -0.348 e. The van der Waals surface area contributed by atoms with E-state index in [0.717, 1.165) is 28.7 Å². The van der Waals surface area contributed by atoms with Crippen LogP contribution in [0.15, 0.2) is 46.9 Å². The first-order chi connectivity index (χ1) is 12.0. The summed E-state index contributed by atoms with van der Waals surface area (Å²) in [5, 5.41) is 2.95. The fourth-order valence-corrected chi connectivity index (χ4v) is 3.49. The average Bonchev–Trinajstić information content (AvgIpc) is 3.02. The highest BCUT2D eigenvalue weighted by Crippen LogP contribution is 2.30. The molecule has 0 bridgehead atoms. The lowest BCUT2D eigenvalue weighted by molar-refractivity contribution is -0.121. The fourth-order valence-electron chi connectivity index (χ4n) is 3.03. The molecule has 0 aromatic heterocycles. The monoisotopic (exact) mass is 400 g/mol. The molecule has 0 saturated heterocycles. The van der Waals surface area contributed by atoms with Crippen molar-refractivity contribution >= 4 is 33.4 Å². The molecule has 0 aliphatic carbocycles. The second kappa shape index (κ2) is 7.40. The molecule has 4 nitrogen and oxygen atoms in total. The van der Waals surface area contributed by atoms with Gasteiger partial charge in [0.05, 0.1) is 5.56 Å². The number of amides is 2. The molecule has 2 aromatic rings. The summed E-state index contributed by atoms with van der Waals surface area (Å²) in [6.07, 6.45) is 0.861. The highest BCUT2D eigenvalue weighted by molar-refractivity contribution is 9.10. The Balaban J connectivity index is 1.69. The van der Waals surface area contributed by atoms with Gasteiger partial charge in [-0.3, -0.25) is 9.59 Å². The first-order valence-electron chi connectivity index (χ1n) is 8.43. The molecule has 1 aliphatic rings. The van der Waals surface area contributed by atoms with Gasteiger partial charge in [0, 0.05) is 29.2 Å². The number of fused-ring (bicyclic) bond motifs is 1. The summed E-state index contributed by atoms with van der Waals surface area (Å²) in [7, 11) is 0. The Labute approximate surface area is 156 Å². The van der Waals surface area contributed by atoms with Crippen LogP contribution in [-0.4, -0.2) is 18.4 Å². The SMILES string of the molecule is CC(C)C(=O)N1CCc2cc(CNC(=O)c3ccccc3Br)ccc21. The molecule has 0 fully saturated rings. The normalized spacial score (nSPS) is 13.0. The molecule has 0 unspecified atom stereocenters. The van der Waals surface area contributed by atoms with Crippen molar-refractivity contribution in [1.29, 1.82) is 0 Å². The van der Waals surface area contributed by atoms with E-state index in [0.29, 0.717) is 12.1 Å². The van der Waals surface area contributed by atoms with Gasteiger partial charge < -0.3 is 10.2 Å². The quantitative estimate of drug-likeness (QED) is 0.844. The molecule has 130 valence electrons. The van der Waals surface area contributed by atoms with E-state index in [1.165, 1.54) is 5.56 Å². The zero-order valence-electron chi connectivity index (χ0n) is 14.4. The molecule has 3 rings (SSSR count). The molecule has 1 aliphatic heterocycles. The lowest BCUT2D eigenvalue weighted by atomic mass is 10.1. The zero-order valence-corrected chi connectivity index (χ0v) is 16.0. The molecular weight excluding hydrogens is 380 g/mol. The Bertz CT molecular complexity index is 817. The van der Waals surface area contributed by atoms with E-state index in [1.54, 1.807) is 6.07 Å². The molecule has 0 saturated carbocycles. The maximum atomic E-state index is 12.3. The second-order valence-electron chi connectivity index (χ2n) is 6.52. The third-order valence-electron chi connectivity index (χ3n) is 4.37. The molecular formula is C20H21BrN2O2. The molecule has 25 heavy (non-hydrogen) atoms. The van der Waals surface area contributed by atoms with E-state index in [2.05, 4.69) is 27.3 Å². The Hall–Kier alpha value is -2.14. The van der Waals surface area contributed by atoms with Crippen LogP contribution in [0, 0.1) is 5.92 Å². The van der Waals surface area contributed by atoms with Crippen molar-refractivity contribution in [3.05, 3.63) is 63.6 Å². The number of anilines is 1. The van der Waals surface area contributed by atoms with Crippen LogP contribution in [0.5, 0.6) is 0 Å². The third-order valence-corrected chi connectivity index (χ3v) is 5.06. The fraction of sp³-hybridized carbons (Fsp3) is 0.300. The van der Waals surface area contributed by atoms with Crippen molar-refractivity contribution in [3.63, 3.8) is 0 Å². The molecule has 0 radical (unpaired) electrons. The topological polar surface area (TPSA) is 49.4 Å². The second-order valence-corrected chi connectivity index (χ2v) is 7.37. The van der Waals surface area contributed by atoms with Gasteiger partial charge >= 0.3 is 0 Å². The van der Waals surface area contributed by atoms with Gasteiger partial charge in [-0.1, -0.05) is 38.1 Å². The summed E-state index contributed by atoms with van der Waals surface area (Å²) in [5.74, 6) is 0.0487. The van der Waals surface area contributed by atoms with Crippen LogP contribution in [-0.2, 0) is 17.8 Å². The van der Waals surface area contributed by atoms with Gasteiger partial charge in [-0.2, -0.15) is 0 Å². The van der Waals surface area contributed by atoms with Crippen LogP contribution < -0.4 is 10.2 Å². The number of carbonyl (C=O) groups is 2. The Morgan fingerprint density at radius 1 is 1.20 bits per heavy atom. The van der Waals surface area contributed by atoms with Gasteiger partial charge in [0.2, 0.25) is 5.91 Å². The number of hydrogen-bond donors (Lipinski definition) is 1. The first-order valence-corrected chi connectivity index (χ1v) is 9.22. The van der Waals surface area contributed by atoms with Crippen LogP contribution in [0.4, 0.5) is 5.69 Å². The summed E-state index contributed by atoms with van der Waals surface area (Å²) < 4.78 is 0.782. The smallest absolute Gasteiger partial charge is 0.252 e. The van der Waals surface area contributed by atoms with Crippen molar-refractivity contribution in [2.75, 3.05) is 11.4 Å². The van der Waals surface area contributed by atoms with Crippen molar-refractivity contribution in [1.82, 2.24) is 5.32 Å². The largest absolute Gasteiger partial charge is 0.348 e. The summed E-state index contributed by atoms with van der Waals surface area (Å²) in [5.41, 5.74) is 3.83. The number of carbonyl (C=O) groups excluding carboxylic acids is 2. The molecule has 1 heterocycles. The van der Waals surface area contributed by atoms with Crippen molar-refractivity contribution in [2.45, 2.75) is 26.8 Å². The van der Waals surface area contributed by atoms with Gasteiger partial charge in [0.15, 0.2) is 0 Å². The maximum Gasteiger partial charge on any atom is 0.252 e. The van der Waals surface area contributed by atoms with E-state index >= 15 is 0 Å². The predicted octanol–water partition coefficient (Wildman–Crippen LogP) is 3.92. The van der Waals surface area contributed by atoms with Crippen LogP contribution in [0.3, 0.4) is 0 Å². The summed E-state index contributed by atoms with van der Waals surface area (Å²) in [4.78, 5) is 26.4. The van der Waals surface area contributed by atoms with Crippen LogP contribution >= 0.6 is 15.9 Å². The van der Waals surface area contributed by atoms with Crippen LogP contribution in [0.2, 0.25) is 0 Å². The van der Waals surface area contributed by atoms with Crippen LogP contribution in [0.1, 0.15) is 35.3 Å². The molecule has 2 aromatic carbocycles. The Morgan fingerprint density at radius 3 is 2.68 bits per heavy atom. The van der Waals surface area contributed by atoms with E-state index in [4.69, 9.17) is 0 Å². The Morgan fingerprint density at radius 2 is 1.96 bits per heavy atom. The van der Waals surface area contributed by atoms with Crippen molar-refractivity contribution in [2.24, 2.45) is 5.92 Å². The summed E-state index contributed by atoms with van der Waals surface area (Å²) >= 11 is 3.40. The van der Waals surface area contributed by atoms with Gasteiger partial charge in [-0.25, -0.2) is 0 Å². The number of halogens is 1. The number of benzene rings is 2. The maximum absolute atomic E-state index is 12.3. The van der Waals surface area contributed by atoms with Crippen molar-refractivity contribution < 1.29 is 9.59 Å². The minimum absolute atomic E-state index is 0.00534. The number of rotatable bonds is 4. The van der Waals surface area contributed by atoms with Gasteiger partial charge in [-0.05, 0) is 51.7 Å². The lowest BCUT2D eigenvalue weighted by Crippen LogP contribution is -2.32. The van der Waals surface area contributed by atoms with Crippen LogP contribution in [0.25, 0.3) is 0 Å². The van der Waals surface area contributed by atoms with Gasteiger partial charge in [0.25, 0.3) is 5.91 Å². The number of hydrogen-bond acceptors (Lipinski definition) is 2. The first kappa shape index (κ1) is 17.7.